The Kier molecular flexibility index (Phi) is 5.04. The van der Waals surface area contributed by atoms with Crippen molar-refractivity contribution in [3.63, 3.8) is 0 Å². The second-order valence-corrected chi connectivity index (χ2v) is 5.76. The normalized spacial score (nSPS) is 10.4. The number of benzene rings is 2. The lowest BCUT2D eigenvalue weighted by molar-refractivity contribution is 0.0927. The first kappa shape index (κ1) is 16.6. The van der Waals surface area contributed by atoms with Gasteiger partial charge in [-0.3, -0.25) is 14.6 Å². The fourth-order valence-corrected chi connectivity index (χ4v) is 2.49. The summed E-state index contributed by atoms with van der Waals surface area (Å²) in [4.78, 5) is 28.3. The van der Waals surface area contributed by atoms with Gasteiger partial charge in [-0.05, 0) is 42.0 Å². The van der Waals surface area contributed by atoms with Gasteiger partial charge in [-0.2, -0.15) is 0 Å². The zero-order chi connectivity index (χ0) is 17.6. The van der Waals surface area contributed by atoms with Crippen LogP contribution in [0.15, 0.2) is 60.8 Å². The molecule has 0 aliphatic carbocycles. The minimum Gasteiger partial charge on any atom is -0.350 e. The molecule has 0 radical (unpaired) electrons. The SMILES string of the molecule is Cc1ccc(C(=O)NCCNC(=O)c2ccc3ccccc3c2)cn1. The van der Waals surface area contributed by atoms with Gasteiger partial charge in [0.05, 0.1) is 5.56 Å². The number of amides is 2. The van der Waals surface area contributed by atoms with Gasteiger partial charge >= 0.3 is 0 Å². The van der Waals surface area contributed by atoms with E-state index in [1.807, 2.05) is 43.3 Å². The number of hydrogen-bond donors (Lipinski definition) is 2. The molecule has 0 spiro atoms. The van der Waals surface area contributed by atoms with E-state index in [9.17, 15) is 9.59 Å². The van der Waals surface area contributed by atoms with E-state index in [0.29, 0.717) is 24.2 Å². The van der Waals surface area contributed by atoms with E-state index in [2.05, 4.69) is 15.6 Å². The maximum Gasteiger partial charge on any atom is 0.252 e. The Bertz CT molecular complexity index is 904. The second-order valence-electron chi connectivity index (χ2n) is 5.76. The van der Waals surface area contributed by atoms with E-state index in [-0.39, 0.29) is 11.8 Å². The van der Waals surface area contributed by atoms with Crippen molar-refractivity contribution in [3.05, 3.63) is 77.6 Å². The molecule has 5 heteroatoms. The molecule has 0 bridgehead atoms. The van der Waals surface area contributed by atoms with Crippen molar-refractivity contribution >= 4 is 22.6 Å². The van der Waals surface area contributed by atoms with E-state index in [1.54, 1.807) is 24.4 Å². The van der Waals surface area contributed by atoms with Crippen LogP contribution in [-0.2, 0) is 0 Å². The van der Waals surface area contributed by atoms with Crippen LogP contribution in [0.1, 0.15) is 26.4 Å². The standard InChI is InChI=1S/C20H19N3O2/c1-14-6-7-18(13-23-14)20(25)22-11-10-21-19(24)17-9-8-15-4-2-3-5-16(15)12-17/h2-9,12-13H,10-11H2,1H3,(H,21,24)(H,22,25). The molecule has 3 aromatic rings. The molecule has 0 saturated carbocycles. The number of carbonyl (C=O) groups is 2. The molecule has 25 heavy (non-hydrogen) atoms. The summed E-state index contributed by atoms with van der Waals surface area (Å²) >= 11 is 0. The Hall–Kier alpha value is -3.21. The molecular formula is C20H19N3O2. The number of hydrogen-bond acceptors (Lipinski definition) is 3. The van der Waals surface area contributed by atoms with Gasteiger partial charge in [-0.25, -0.2) is 0 Å². The quantitative estimate of drug-likeness (QED) is 0.705. The molecule has 0 unspecified atom stereocenters. The van der Waals surface area contributed by atoms with Crippen LogP contribution in [0.4, 0.5) is 0 Å². The van der Waals surface area contributed by atoms with Crippen molar-refractivity contribution in [1.82, 2.24) is 15.6 Å². The number of rotatable bonds is 5. The van der Waals surface area contributed by atoms with Gasteiger partial charge in [0.15, 0.2) is 0 Å². The third-order valence-electron chi connectivity index (χ3n) is 3.88. The molecule has 3 rings (SSSR count). The Morgan fingerprint density at radius 3 is 2.16 bits per heavy atom. The Morgan fingerprint density at radius 2 is 1.48 bits per heavy atom. The Morgan fingerprint density at radius 1 is 0.840 bits per heavy atom. The maximum atomic E-state index is 12.2. The summed E-state index contributed by atoms with van der Waals surface area (Å²) in [6.07, 6.45) is 1.54. The lowest BCUT2D eigenvalue weighted by Gasteiger charge is -2.08. The number of nitrogens with zero attached hydrogens (tertiary/aromatic N) is 1. The highest BCUT2D eigenvalue weighted by atomic mass is 16.2. The van der Waals surface area contributed by atoms with Crippen LogP contribution < -0.4 is 10.6 Å². The first-order valence-corrected chi connectivity index (χ1v) is 8.11. The van der Waals surface area contributed by atoms with Crippen LogP contribution in [-0.4, -0.2) is 29.9 Å². The summed E-state index contributed by atoms with van der Waals surface area (Å²) in [7, 11) is 0. The van der Waals surface area contributed by atoms with Crippen LogP contribution in [0.5, 0.6) is 0 Å². The van der Waals surface area contributed by atoms with Crippen molar-refractivity contribution in [2.45, 2.75) is 6.92 Å². The molecule has 2 amide bonds. The smallest absolute Gasteiger partial charge is 0.252 e. The summed E-state index contributed by atoms with van der Waals surface area (Å²) in [5, 5.41) is 7.69. The van der Waals surface area contributed by atoms with Gasteiger partial charge in [0.25, 0.3) is 11.8 Å². The predicted octanol–water partition coefficient (Wildman–Crippen LogP) is 2.70. The summed E-state index contributed by atoms with van der Waals surface area (Å²) in [6.45, 7) is 2.58. The Labute approximate surface area is 146 Å². The zero-order valence-corrected chi connectivity index (χ0v) is 14.0. The van der Waals surface area contributed by atoms with Crippen molar-refractivity contribution in [3.8, 4) is 0 Å². The first-order valence-electron chi connectivity index (χ1n) is 8.11. The largest absolute Gasteiger partial charge is 0.350 e. The molecule has 0 saturated heterocycles. The molecule has 0 aliphatic rings. The zero-order valence-electron chi connectivity index (χ0n) is 14.0. The molecule has 0 aliphatic heterocycles. The summed E-state index contributed by atoms with van der Waals surface area (Å²) < 4.78 is 0. The third-order valence-corrected chi connectivity index (χ3v) is 3.88. The number of carbonyl (C=O) groups excluding carboxylic acids is 2. The summed E-state index contributed by atoms with van der Waals surface area (Å²) in [6, 6.07) is 17.0. The van der Waals surface area contributed by atoms with Gasteiger partial charge < -0.3 is 10.6 Å². The van der Waals surface area contributed by atoms with Crippen LogP contribution in [0.25, 0.3) is 10.8 Å². The molecule has 126 valence electrons. The van der Waals surface area contributed by atoms with Gasteiger partial charge in [-0.15, -0.1) is 0 Å². The van der Waals surface area contributed by atoms with E-state index in [1.165, 1.54) is 0 Å². The van der Waals surface area contributed by atoms with Crippen LogP contribution in [0, 0.1) is 6.92 Å². The number of nitrogens with one attached hydrogen (secondary N) is 2. The minimum absolute atomic E-state index is 0.156. The lowest BCUT2D eigenvalue weighted by atomic mass is 10.1. The van der Waals surface area contributed by atoms with Crippen molar-refractivity contribution < 1.29 is 9.59 Å². The van der Waals surface area contributed by atoms with E-state index < -0.39 is 0 Å². The maximum absolute atomic E-state index is 12.2. The fraction of sp³-hybridized carbons (Fsp3) is 0.150. The highest BCUT2D eigenvalue weighted by Crippen LogP contribution is 2.15. The summed E-state index contributed by atoms with van der Waals surface area (Å²) in [5.74, 6) is -0.357. The average Bonchev–Trinajstić information content (AvgIpc) is 2.65. The first-order chi connectivity index (χ1) is 12.1. The number of aryl methyl sites for hydroxylation is 1. The minimum atomic E-state index is -0.201. The van der Waals surface area contributed by atoms with Crippen molar-refractivity contribution in [2.24, 2.45) is 0 Å². The van der Waals surface area contributed by atoms with Crippen molar-refractivity contribution in [1.29, 1.82) is 0 Å². The molecule has 0 fully saturated rings. The highest BCUT2D eigenvalue weighted by Gasteiger charge is 2.07. The number of pyridine rings is 1. The van der Waals surface area contributed by atoms with E-state index in [4.69, 9.17) is 0 Å². The Balaban J connectivity index is 1.50. The van der Waals surface area contributed by atoms with Crippen LogP contribution in [0.3, 0.4) is 0 Å². The van der Waals surface area contributed by atoms with Gasteiger partial charge in [0, 0.05) is 30.5 Å². The van der Waals surface area contributed by atoms with Gasteiger partial charge in [0.2, 0.25) is 0 Å². The van der Waals surface area contributed by atoms with E-state index in [0.717, 1.165) is 16.5 Å². The van der Waals surface area contributed by atoms with Gasteiger partial charge in [-0.1, -0.05) is 30.3 Å². The number of fused-ring (bicyclic) bond motifs is 1. The summed E-state index contributed by atoms with van der Waals surface area (Å²) in [5.41, 5.74) is 1.97. The molecule has 2 aromatic carbocycles. The molecule has 0 atom stereocenters. The third kappa shape index (κ3) is 4.20. The van der Waals surface area contributed by atoms with E-state index >= 15 is 0 Å². The van der Waals surface area contributed by atoms with Gasteiger partial charge in [0.1, 0.15) is 0 Å². The van der Waals surface area contributed by atoms with Crippen LogP contribution >= 0.6 is 0 Å². The van der Waals surface area contributed by atoms with Crippen molar-refractivity contribution in [2.75, 3.05) is 13.1 Å². The highest BCUT2D eigenvalue weighted by molar-refractivity contribution is 5.98. The van der Waals surface area contributed by atoms with Crippen LogP contribution in [0.2, 0.25) is 0 Å². The second kappa shape index (κ2) is 7.57. The predicted molar refractivity (Wildman–Crippen MR) is 97.6 cm³/mol. The molecule has 1 heterocycles. The number of aromatic nitrogens is 1. The molecule has 1 aromatic heterocycles. The topological polar surface area (TPSA) is 71.1 Å². The molecule has 2 N–H and O–H groups in total. The molecular weight excluding hydrogens is 314 g/mol. The molecule has 5 nitrogen and oxygen atoms in total. The lowest BCUT2D eigenvalue weighted by Crippen LogP contribution is -2.34. The average molecular weight is 333 g/mol. The monoisotopic (exact) mass is 333 g/mol. The fourth-order valence-electron chi connectivity index (χ4n) is 2.49.